The molecule has 132 valence electrons. The molecule has 2 heterocycles. The summed E-state index contributed by atoms with van der Waals surface area (Å²) in [5.74, 6) is -2.93. The molecule has 2 fully saturated rings. The van der Waals surface area contributed by atoms with E-state index in [1.807, 2.05) is 13.8 Å². The first kappa shape index (κ1) is 18.1. The summed E-state index contributed by atoms with van der Waals surface area (Å²) in [6, 6.07) is 0. The van der Waals surface area contributed by atoms with Gasteiger partial charge in [0, 0.05) is 37.6 Å². The fourth-order valence-corrected chi connectivity index (χ4v) is 2.84. The molecule has 0 spiro atoms. The van der Waals surface area contributed by atoms with Gasteiger partial charge in [0.1, 0.15) is 0 Å². The number of nitrogens with zero attached hydrogens (tertiary/aromatic N) is 2. The second-order valence-corrected chi connectivity index (χ2v) is 6.64. The van der Waals surface area contributed by atoms with E-state index in [0.29, 0.717) is 5.06 Å². The van der Waals surface area contributed by atoms with Gasteiger partial charge in [-0.1, -0.05) is 20.8 Å². The van der Waals surface area contributed by atoms with Gasteiger partial charge < -0.3 is 4.84 Å². The van der Waals surface area contributed by atoms with E-state index < -0.39 is 23.7 Å². The molecular weight excluding hydrogens is 316 g/mol. The van der Waals surface area contributed by atoms with E-state index in [-0.39, 0.29) is 55.9 Å². The van der Waals surface area contributed by atoms with Crippen molar-refractivity contribution in [3.05, 3.63) is 0 Å². The van der Waals surface area contributed by atoms with Gasteiger partial charge in [-0.25, -0.2) is 4.79 Å². The van der Waals surface area contributed by atoms with Crippen LogP contribution in [0.1, 0.15) is 46.5 Å². The molecule has 2 unspecified atom stereocenters. The van der Waals surface area contributed by atoms with E-state index in [9.17, 15) is 24.0 Å². The summed E-state index contributed by atoms with van der Waals surface area (Å²) in [6.45, 7) is 5.50. The minimum atomic E-state index is -0.731. The monoisotopic (exact) mass is 338 g/mol. The Balaban J connectivity index is 1.79. The molecule has 2 rings (SSSR count). The quantitative estimate of drug-likeness (QED) is 0.659. The normalized spacial score (nSPS) is 24.5. The summed E-state index contributed by atoms with van der Waals surface area (Å²) >= 11 is 0. The maximum Gasteiger partial charge on any atom is 0.333 e. The Bertz CT molecular complexity index is 585. The molecule has 2 saturated heterocycles. The lowest BCUT2D eigenvalue weighted by Crippen LogP contribution is -2.34. The zero-order valence-electron chi connectivity index (χ0n) is 14.1. The van der Waals surface area contributed by atoms with E-state index in [1.54, 1.807) is 6.92 Å². The summed E-state index contributed by atoms with van der Waals surface area (Å²) in [5.41, 5.74) is 0. The minimum Gasteiger partial charge on any atom is -0.330 e. The first-order valence-electron chi connectivity index (χ1n) is 8.14. The van der Waals surface area contributed by atoms with Crippen molar-refractivity contribution >= 4 is 29.6 Å². The molecule has 8 heteroatoms. The summed E-state index contributed by atoms with van der Waals surface area (Å²) in [6.07, 6.45) is 0.372. The van der Waals surface area contributed by atoms with Gasteiger partial charge in [0.05, 0.1) is 0 Å². The topological polar surface area (TPSA) is 101 Å². The van der Waals surface area contributed by atoms with E-state index >= 15 is 0 Å². The zero-order valence-corrected chi connectivity index (χ0v) is 14.1. The Kier molecular flexibility index (Phi) is 5.36. The highest BCUT2D eigenvalue weighted by molar-refractivity contribution is 6.04. The summed E-state index contributed by atoms with van der Waals surface area (Å²) in [4.78, 5) is 64.9. The van der Waals surface area contributed by atoms with Crippen LogP contribution >= 0.6 is 0 Å². The number of imide groups is 2. The average Bonchev–Trinajstić information content (AvgIpc) is 2.91. The number of hydroxylamine groups is 2. The van der Waals surface area contributed by atoms with Crippen LogP contribution in [-0.4, -0.2) is 46.1 Å². The molecular formula is C16H22N2O6. The molecule has 2 aliphatic rings. The first-order valence-corrected chi connectivity index (χ1v) is 8.14. The summed E-state index contributed by atoms with van der Waals surface area (Å²) < 4.78 is 0. The lowest BCUT2D eigenvalue weighted by atomic mass is 9.94. The maximum absolute atomic E-state index is 12.1. The lowest BCUT2D eigenvalue weighted by molar-refractivity contribution is -0.198. The SMILES string of the molecule is CC1CC(=O)N(OC(=O)CCCN2C(=O)CC(C(C)C)C2=O)C1=O. The Hall–Kier alpha value is -2.25. The Morgan fingerprint density at radius 2 is 1.79 bits per heavy atom. The van der Waals surface area contributed by atoms with Crippen LogP contribution in [0, 0.1) is 17.8 Å². The number of carbonyl (C=O) groups is 5. The molecule has 0 saturated carbocycles. The molecule has 24 heavy (non-hydrogen) atoms. The van der Waals surface area contributed by atoms with Crippen LogP contribution in [0.15, 0.2) is 0 Å². The third-order valence-electron chi connectivity index (χ3n) is 4.37. The molecule has 0 aromatic carbocycles. The van der Waals surface area contributed by atoms with Crippen molar-refractivity contribution in [1.82, 2.24) is 9.96 Å². The van der Waals surface area contributed by atoms with Crippen molar-refractivity contribution in [2.75, 3.05) is 6.54 Å². The first-order chi connectivity index (χ1) is 11.2. The fourth-order valence-electron chi connectivity index (χ4n) is 2.84. The van der Waals surface area contributed by atoms with Gasteiger partial charge in [0.25, 0.3) is 11.8 Å². The Morgan fingerprint density at radius 1 is 1.12 bits per heavy atom. The number of rotatable bonds is 6. The third kappa shape index (κ3) is 3.63. The fraction of sp³-hybridized carbons (Fsp3) is 0.688. The maximum atomic E-state index is 12.1. The molecule has 2 aliphatic heterocycles. The van der Waals surface area contributed by atoms with Gasteiger partial charge in [0.2, 0.25) is 11.8 Å². The zero-order chi connectivity index (χ0) is 18.0. The average molecular weight is 338 g/mol. The van der Waals surface area contributed by atoms with Crippen molar-refractivity contribution in [3.8, 4) is 0 Å². The molecule has 8 nitrogen and oxygen atoms in total. The van der Waals surface area contributed by atoms with Crippen LogP contribution in [0.2, 0.25) is 0 Å². The Morgan fingerprint density at radius 3 is 2.29 bits per heavy atom. The number of hydrogen-bond donors (Lipinski definition) is 0. The molecule has 2 atom stereocenters. The van der Waals surface area contributed by atoms with Gasteiger partial charge in [-0.3, -0.25) is 24.1 Å². The van der Waals surface area contributed by atoms with Gasteiger partial charge in [-0.2, -0.15) is 0 Å². The predicted octanol–water partition coefficient (Wildman–Crippen LogP) is 0.651. The van der Waals surface area contributed by atoms with E-state index in [0.717, 1.165) is 0 Å². The van der Waals surface area contributed by atoms with E-state index in [1.165, 1.54) is 4.90 Å². The van der Waals surface area contributed by atoms with Crippen molar-refractivity contribution in [3.63, 3.8) is 0 Å². The third-order valence-corrected chi connectivity index (χ3v) is 4.37. The molecule has 0 aromatic heterocycles. The number of likely N-dealkylation sites (tertiary alicyclic amines) is 1. The molecule has 0 N–H and O–H groups in total. The minimum absolute atomic E-state index is 0.0273. The highest BCUT2D eigenvalue weighted by Gasteiger charge is 2.40. The number of amides is 4. The standard InChI is InChI=1S/C16H22N2O6/c1-9(2)11-8-12(19)17(16(11)23)6-4-5-14(21)24-18-13(20)7-10(3)15(18)22/h9-11H,4-8H2,1-3H3. The molecule has 0 aromatic rings. The molecule has 0 bridgehead atoms. The van der Waals surface area contributed by atoms with Crippen molar-refractivity contribution in [2.45, 2.75) is 46.5 Å². The predicted molar refractivity (Wildman–Crippen MR) is 80.6 cm³/mol. The van der Waals surface area contributed by atoms with Crippen LogP contribution in [0.25, 0.3) is 0 Å². The van der Waals surface area contributed by atoms with Crippen LogP contribution in [-0.2, 0) is 28.8 Å². The van der Waals surface area contributed by atoms with Crippen LogP contribution in [0.5, 0.6) is 0 Å². The second kappa shape index (κ2) is 7.11. The van der Waals surface area contributed by atoms with Gasteiger partial charge in [-0.15, -0.1) is 5.06 Å². The summed E-state index contributed by atoms with van der Waals surface area (Å²) in [7, 11) is 0. The van der Waals surface area contributed by atoms with E-state index in [2.05, 4.69) is 0 Å². The van der Waals surface area contributed by atoms with Crippen LogP contribution in [0.4, 0.5) is 0 Å². The molecule has 4 amide bonds. The highest BCUT2D eigenvalue weighted by Crippen LogP contribution is 2.26. The van der Waals surface area contributed by atoms with Gasteiger partial charge >= 0.3 is 5.97 Å². The smallest absolute Gasteiger partial charge is 0.330 e. The van der Waals surface area contributed by atoms with Gasteiger partial charge in [-0.05, 0) is 12.3 Å². The van der Waals surface area contributed by atoms with Crippen LogP contribution < -0.4 is 0 Å². The number of carbonyl (C=O) groups excluding carboxylic acids is 5. The summed E-state index contributed by atoms with van der Waals surface area (Å²) in [5, 5.41) is 0.508. The second-order valence-electron chi connectivity index (χ2n) is 6.64. The molecule has 0 aliphatic carbocycles. The van der Waals surface area contributed by atoms with Crippen molar-refractivity contribution in [2.24, 2.45) is 17.8 Å². The van der Waals surface area contributed by atoms with Gasteiger partial charge in [0.15, 0.2) is 0 Å². The largest absolute Gasteiger partial charge is 0.333 e. The highest BCUT2D eigenvalue weighted by atomic mass is 16.7. The van der Waals surface area contributed by atoms with Crippen LogP contribution in [0.3, 0.4) is 0 Å². The van der Waals surface area contributed by atoms with Crippen molar-refractivity contribution < 1.29 is 28.8 Å². The van der Waals surface area contributed by atoms with E-state index in [4.69, 9.17) is 4.84 Å². The number of hydrogen-bond acceptors (Lipinski definition) is 6. The lowest BCUT2D eigenvalue weighted by Gasteiger charge is -2.17. The Labute approximate surface area is 140 Å². The van der Waals surface area contributed by atoms with Crippen molar-refractivity contribution in [1.29, 1.82) is 0 Å². The molecule has 0 radical (unpaired) electrons.